The number of hydrogen-bond acceptors (Lipinski definition) is 9. The summed E-state index contributed by atoms with van der Waals surface area (Å²) in [6.07, 6.45) is 0. The van der Waals surface area contributed by atoms with Gasteiger partial charge in [-0.1, -0.05) is 0 Å². The van der Waals surface area contributed by atoms with Gasteiger partial charge in [0, 0.05) is 37.3 Å². The van der Waals surface area contributed by atoms with Crippen LogP contribution in [0.4, 0.5) is 0 Å². The van der Waals surface area contributed by atoms with Gasteiger partial charge in [0.2, 0.25) is 0 Å². The number of carbonyl (C=O) groups excluding carboxylic acids is 2. The number of nitrogens with one attached hydrogen (secondary N) is 4. The molecule has 3 heterocycles. The molecule has 3 aliphatic rings. The van der Waals surface area contributed by atoms with Crippen LogP contribution < -0.4 is 21.3 Å². The lowest BCUT2D eigenvalue weighted by atomic mass is 9.97. The average molecular weight is 503 g/mol. The highest BCUT2D eigenvalue weighted by Gasteiger charge is 2.41. The standard InChI is InChI=1S/C24H46N4O7/c1-21(2)15-25-17-24(6)20(30)28-22(3,4)16-26-18-23(5,19(29)27-21)34-13-11-32-9-7-31-8-10-33-12-14-35-24/h25-26H,7-18H2,1-6H3,(H,27,29)(H,28,30). The van der Waals surface area contributed by atoms with Crippen molar-refractivity contribution >= 4 is 11.8 Å². The fourth-order valence-corrected chi connectivity index (χ4v) is 3.78. The molecule has 0 radical (unpaired) electrons. The molecule has 3 rings (SSSR count). The quantitative estimate of drug-likeness (QED) is 0.327. The Hall–Kier alpha value is -1.34. The Morgan fingerprint density at radius 1 is 0.514 bits per heavy atom. The molecule has 0 aromatic rings. The second kappa shape index (κ2) is 13.3. The van der Waals surface area contributed by atoms with E-state index in [9.17, 15) is 9.59 Å². The molecule has 3 fully saturated rings. The van der Waals surface area contributed by atoms with Gasteiger partial charge in [0.05, 0.1) is 52.9 Å². The van der Waals surface area contributed by atoms with Crippen molar-refractivity contribution in [2.45, 2.75) is 63.8 Å². The van der Waals surface area contributed by atoms with Crippen molar-refractivity contribution in [1.29, 1.82) is 0 Å². The zero-order chi connectivity index (χ0) is 26.0. The van der Waals surface area contributed by atoms with Crippen molar-refractivity contribution in [1.82, 2.24) is 21.3 Å². The maximum absolute atomic E-state index is 13.3. The van der Waals surface area contributed by atoms with Crippen LogP contribution in [0.3, 0.4) is 0 Å². The van der Waals surface area contributed by atoms with Crippen molar-refractivity contribution in [3.05, 3.63) is 0 Å². The van der Waals surface area contributed by atoms with Gasteiger partial charge in [-0.15, -0.1) is 0 Å². The van der Waals surface area contributed by atoms with E-state index in [4.69, 9.17) is 23.7 Å². The molecular formula is C24H46N4O7. The Morgan fingerprint density at radius 3 is 1.17 bits per heavy atom. The van der Waals surface area contributed by atoms with E-state index in [1.807, 2.05) is 27.7 Å². The molecule has 2 amide bonds. The fourth-order valence-electron chi connectivity index (χ4n) is 3.78. The largest absolute Gasteiger partial charge is 0.377 e. The van der Waals surface area contributed by atoms with E-state index in [-0.39, 0.29) is 38.1 Å². The predicted molar refractivity (Wildman–Crippen MR) is 131 cm³/mol. The third kappa shape index (κ3) is 10.3. The predicted octanol–water partition coefficient (Wildman–Crippen LogP) is -0.417. The van der Waals surface area contributed by atoms with Crippen LogP contribution in [0.1, 0.15) is 41.5 Å². The summed E-state index contributed by atoms with van der Waals surface area (Å²) in [6.45, 7) is 15.5. The van der Waals surface area contributed by atoms with Crippen molar-refractivity contribution in [3.8, 4) is 0 Å². The highest BCUT2D eigenvalue weighted by molar-refractivity contribution is 5.86. The molecule has 2 bridgehead atoms. The van der Waals surface area contributed by atoms with E-state index in [0.29, 0.717) is 52.7 Å². The van der Waals surface area contributed by atoms with Gasteiger partial charge in [-0.25, -0.2) is 0 Å². The first kappa shape index (κ1) is 29.9. The van der Waals surface area contributed by atoms with E-state index < -0.39 is 22.3 Å². The third-order valence-corrected chi connectivity index (χ3v) is 5.96. The molecule has 2 atom stereocenters. The van der Waals surface area contributed by atoms with Gasteiger partial charge in [-0.05, 0) is 41.5 Å². The first-order valence-corrected chi connectivity index (χ1v) is 12.5. The molecule has 0 aliphatic carbocycles. The van der Waals surface area contributed by atoms with Gasteiger partial charge in [-0.2, -0.15) is 0 Å². The minimum Gasteiger partial charge on any atom is -0.377 e. The molecule has 35 heavy (non-hydrogen) atoms. The van der Waals surface area contributed by atoms with Crippen LogP contribution in [0, 0.1) is 0 Å². The number of amides is 2. The number of ether oxygens (including phenoxy) is 5. The second-order valence-electron chi connectivity index (χ2n) is 10.9. The van der Waals surface area contributed by atoms with Crippen molar-refractivity contribution < 1.29 is 33.3 Å². The summed E-state index contributed by atoms with van der Waals surface area (Å²) in [4.78, 5) is 26.7. The Bertz CT molecular complexity index is 635. The summed E-state index contributed by atoms with van der Waals surface area (Å²) >= 11 is 0. The van der Waals surface area contributed by atoms with Crippen LogP contribution in [0.2, 0.25) is 0 Å². The van der Waals surface area contributed by atoms with Crippen molar-refractivity contribution in [2.24, 2.45) is 0 Å². The van der Waals surface area contributed by atoms with Gasteiger partial charge in [0.25, 0.3) is 11.8 Å². The lowest BCUT2D eigenvalue weighted by molar-refractivity contribution is -0.150. The minimum absolute atomic E-state index is 0.221. The second-order valence-corrected chi connectivity index (χ2v) is 10.9. The van der Waals surface area contributed by atoms with Gasteiger partial charge >= 0.3 is 0 Å². The molecule has 204 valence electrons. The molecular weight excluding hydrogens is 456 g/mol. The lowest BCUT2D eigenvalue weighted by Crippen LogP contribution is -2.65. The van der Waals surface area contributed by atoms with E-state index in [1.165, 1.54) is 0 Å². The third-order valence-electron chi connectivity index (χ3n) is 5.96. The Balaban J connectivity index is 2.29. The van der Waals surface area contributed by atoms with Gasteiger partial charge in [0.15, 0.2) is 11.2 Å². The lowest BCUT2D eigenvalue weighted by Gasteiger charge is -2.39. The summed E-state index contributed by atoms with van der Waals surface area (Å²) in [5, 5.41) is 12.8. The van der Waals surface area contributed by atoms with Gasteiger partial charge < -0.3 is 45.0 Å². The van der Waals surface area contributed by atoms with Crippen LogP contribution >= 0.6 is 0 Å². The van der Waals surface area contributed by atoms with Crippen LogP contribution in [0.25, 0.3) is 0 Å². The maximum atomic E-state index is 13.3. The van der Waals surface area contributed by atoms with Crippen LogP contribution in [0.15, 0.2) is 0 Å². The molecule has 0 aromatic carbocycles. The molecule has 0 aromatic heterocycles. The van der Waals surface area contributed by atoms with Gasteiger partial charge in [-0.3, -0.25) is 9.59 Å². The highest BCUT2D eigenvalue weighted by Crippen LogP contribution is 2.17. The number of carbonyl (C=O) groups is 2. The summed E-state index contributed by atoms with van der Waals surface area (Å²) in [5.41, 5.74) is -3.46. The molecule has 3 saturated heterocycles. The Kier molecular flexibility index (Phi) is 11.3. The zero-order valence-corrected chi connectivity index (χ0v) is 22.3. The van der Waals surface area contributed by atoms with Gasteiger partial charge in [0.1, 0.15) is 0 Å². The molecule has 0 saturated carbocycles. The maximum Gasteiger partial charge on any atom is 0.253 e. The summed E-state index contributed by atoms with van der Waals surface area (Å²) < 4.78 is 28.8. The summed E-state index contributed by atoms with van der Waals surface area (Å²) in [7, 11) is 0. The van der Waals surface area contributed by atoms with E-state index in [2.05, 4.69) is 21.3 Å². The van der Waals surface area contributed by atoms with E-state index in [1.54, 1.807) is 13.8 Å². The highest BCUT2D eigenvalue weighted by atomic mass is 16.6. The first-order valence-electron chi connectivity index (χ1n) is 12.5. The monoisotopic (exact) mass is 502 g/mol. The number of rotatable bonds is 0. The van der Waals surface area contributed by atoms with Crippen molar-refractivity contribution in [3.63, 3.8) is 0 Å². The summed E-state index contributed by atoms with van der Waals surface area (Å²) in [6, 6.07) is 0. The Morgan fingerprint density at radius 2 is 0.829 bits per heavy atom. The molecule has 3 aliphatic heterocycles. The van der Waals surface area contributed by atoms with Crippen LogP contribution in [-0.4, -0.2) is 113 Å². The molecule has 11 nitrogen and oxygen atoms in total. The minimum atomic E-state index is -1.13. The molecule has 11 heteroatoms. The molecule has 0 spiro atoms. The smallest absolute Gasteiger partial charge is 0.253 e. The van der Waals surface area contributed by atoms with E-state index in [0.717, 1.165) is 0 Å². The number of fused-ring (bicyclic) bond motifs is 22. The summed E-state index contributed by atoms with van der Waals surface area (Å²) in [5.74, 6) is -0.442. The van der Waals surface area contributed by atoms with Crippen LogP contribution in [0.5, 0.6) is 0 Å². The number of hydrogen-bond donors (Lipinski definition) is 4. The van der Waals surface area contributed by atoms with E-state index >= 15 is 0 Å². The molecule has 4 N–H and O–H groups in total. The first-order chi connectivity index (χ1) is 16.4. The van der Waals surface area contributed by atoms with Crippen LogP contribution in [-0.2, 0) is 33.3 Å². The van der Waals surface area contributed by atoms with Crippen molar-refractivity contribution in [2.75, 3.05) is 79.0 Å². The topological polar surface area (TPSA) is 128 Å². The zero-order valence-electron chi connectivity index (χ0n) is 22.3. The average Bonchev–Trinajstić information content (AvgIpc) is 2.74. The SMILES string of the molecule is CC1(C)CNCC2(C)OCCOCCOCCOCCOC(C)(CNCC(C)(C)NC2=O)C(=O)N1. The molecule has 2 unspecified atom stereocenters. The normalized spacial score (nSPS) is 33.1. The Labute approximate surface area is 209 Å². The fraction of sp³-hybridized carbons (Fsp3) is 0.917.